The Kier molecular flexibility index (Phi) is 7.46. The molecular formula is C17H20ClN3O4. The molecular weight excluding hydrogens is 346 g/mol. The summed E-state index contributed by atoms with van der Waals surface area (Å²) < 4.78 is 5.30. The lowest BCUT2D eigenvalue weighted by atomic mass is 10.2. The van der Waals surface area contributed by atoms with E-state index < -0.39 is 4.92 Å². The van der Waals surface area contributed by atoms with Crippen LogP contribution in [0.15, 0.2) is 42.5 Å². The quantitative estimate of drug-likeness (QED) is 0.340. The fourth-order valence-corrected chi connectivity index (χ4v) is 2.39. The number of nitro benzene ring substituents is 1. The number of non-ortho nitro benzene ring substituents is 1. The first-order chi connectivity index (χ1) is 12.1. The summed E-state index contributed by atoms with van der Waals surface area (Å²) >= 11 is 6.02. The average Bonchev–Trinajstić information content (AvgIpc) is 2.61. The van der Waals surface area contributed by atoms with E-state index in [1.807, 2.05) is 24.3 Å². The molecule has 8 heteroatoms. The van der Waals surface area contributed by atoms with Gasteiger partial charge in [0, 0.05) is 31.8 Å². The zero-order chi connectivity index (χ0) is 18.1. The summed E-state index contributed by atoms with van der Waals surface area (Å²) in [6.45, 7) is 2.32. The highest BCUT2D eigenvalue weighted by Crippen LogP contribution is 2.26. The number of anilines is 1. The van der Waals surface area contributed by atoms with E-state index in [4.69, 9.17) is 21.4 Å². The van der Waals surface area contributed by atoms with Crippen molar-refractivity contribution in [3.8, 4) is 5.75 Å². The molecule has 2 aromatic carbocycles. The van der Waals surface area contributed by atoms with Crippen molar-refractivity contribution in [3.05, 3.63) is 63.2 Å². The van der Waals surface area contributed by atoms with Gasteiger partial charge in [-0.1, -0.05) is 23.7 Å². The number of rotatable bonds is 10. The van der Waals surface area contributed by atoms with Crippen molar-refractivity contribution < 1.29 is 14.8 Å². The zero-order valence-corrected chi connectivity index (χ0v) is 14.3. The fraction of sp³-hybridized carbons (Fsp3) is 0.294. The van der Waals surface area contributed by atoms with E-state index in [1.54, 1.807) is 6.07 Å². The van der Waals surface area contributed by atoms with Crippen LogP contribution in [0.2, 0.25) is 5.02 Å². The van der Waals surface area contributed by atoms with Gasteiger partial charge in [0.1, 0.15) is 12.4 Å². The molecule has 7 nitrogen and oxygen atoms in total. The van der Waals surface area contributed by atoms with Gasteiger partial charge >= 0.3 is 0 Å². The van der Waals surface area contributed by atoms with Crippen LogP contribution in [0, 0.1) is 10.1 Å². The molecule has 0 aliphatic rings. The average molecular weight is 366 g/mol. The highest BCUT2D eigenvalue weighted by molar-refractivity contribution is 6.33. The maximum atomic E-state index is 10.7. The van der Waals surface area contributed by atoms with E-state index in [0.717, 1.165) is 11.3 Å². The number of benzene rings is 2. The Balaban J connectivity index is 1.70. The predicted octanol–water partition coefficient (Wildman–Crippen LogP) is 2.82. The minimum atomic E-state index is -0.475. The van der Waals surface area contributed by atoms with Crippen molar-refractivity contribution in [1.29, 1.82) is 0 Å². The first kappa shape index (κ1) is 19.0. The summed E-state index contributed by atoms with van der Waals surface area (Å²) in [4.78, 5) is 10.2. The lowest BCUT2D eigenvalue weighted by Gasteiger charge is -2.10. The molecule has 0 radical (unpaired) electrons. The molecule has 0 amide bonds. The van der Waals surface area contributed by atoms with E-state index in [9.17, 15) is 10.1 Å². The second kappa shape index (κ2) is 9.83. The van der Waals surface area contributed by atoms with Crippen molar-refractivity contribution in [2.24, 2.45) is 0 Å². The lowest BCUT2D eigenvalue weighted by molar-refractivity contribution is -0.384. The molecule has 0 fully saturated rings. The van der Waals surface area contributed by atoms with E-state index >= 15 is 0 Å². The minimum Gasteiger partial charge on any atom is -0.491 e. The summed E-state index contributed by atoms with van der Waals surface area (Å²) in [5, 5.41) is 26.1. The Morgan fingerprint density at radius 2 is 1.92 bits per heavy atom. The first-order valence-electron chi connectivity index (χ1n) is 7.81. The standard InChI is InChI=1S/C17H20ClN3O4/c18-16-11-14(21(23)24)3-6-17(16)20-8-7-19-12-13-1-4-15(5-2-13)25-10-9-22/h1-6,11,19-20,22H,7-10,12H2. The Hall–Kier alpha value is -2.35. The number of aliphatic hydroxyl groups is 1. The summed E-state index contributed by atoms with van der Waals surface area (Å²) in [7, 11) is 0. The second-order valence-electron chi connectivity index (χ2n) is 5.24. The van der Waals surface area contributed by atoms with Gasteiger partial charge < -0.3 is 20.5 Å². The van der Waals surface area contributed by atoms with Gasteiger partial charge in [0.2, 0.25) is 0 Å². The Morgan fingerprint density at radius 1 is 1.16 bits per heavy atom. The number of halogens is 1. The van der Waals surface area contributed by atoms with Crippen molar-refractivity contribution in [1.82, 2.24) is 5.32 Å². The van der Waals surface area contributed by atoms with E-state index in [1.165, 1.54) is 12.1 Å². The van der Waals surface area contributed by atoms with Crippen molar-refractivity contribution in [2.45, 2.75) is 6.54 Å². The van der Waals surface area contributed by atoms with E-state index in [-0.39, 0.29) is 18.9 Å². The molecule has 0 aliphatic carbocycles. The topological polar surface area (TPSA) is 96.7 Å². The third-order valence-electron chi connectivity index (χ3n) is 3.39. The van der Waals surface area contributed by atoms with Crippen LogP contribution in [0.4, 0.5) is 11.4 Å². The normalized spacial score (nSPS) is 10.5. The summed E-state index contributed by atoms with van der Waals surface area (Å²) in [5.74, 6) is 0.729. The van der Waals surface area contributed by atoms with Gasteiger partial charge in [-0.2, -0.15) is 0 Å². The van der Waals surface area contributed by atoms with Crippen LogP contribution in [0.5, 0.6) is 5.75 Å². The van der Waals surface area contributed by atoms with Crippen LogP contribution in [0.3, 0.4) is 0 Å². The monoisotopic (exact) mass is 365 g/mol. The highest BCUT2D eigenvalue weighted by Gasteiger charge is 2.08. The first-order valence-corrected chi connectivity index (χ1v) is 8.19. The number of ether oxygens (including phenoxy) is 1. The molecule has 0 spiro atoms. The van der Waals surface area contributed by atoms with Gasteiger partial charge in [0.25, 0.3) is 5.69 Å². The molecule has 0 aliphatic heterocycles. The van der Waals surface area contributed by atoms with Crippen LogP contribution >= 0.6 is 11.6 Å². The van der Waals surface area contributed by atoms with Crippen molar-refractivity contribution >= 4 is 23.0 Å². The van der Waals surface area contributed by atoms with Gasteiger partial charge in [0.15, 0.2) is 0 Å². The summed E-state index contributed by atoms with van der Waals surface area (Å²) in [5.41, 5.74) is 1.75. The maximum Gasteiger partial charge on any atom is 0.271 e. The van der Waals surface area contributed by atoms with Crippen LogP contribution in [-0.4, -0.2) is 36.3 Å². The summed E-state index contributed by atoms with van der Waals surface area (Å²) in [6, 6.07) is 12.0. The molecule has 0 heterocycles. The smallest absolute Gasteiger partial charge is 0.271 e. The number of aliphatic hydroxyl groups excluding tert-OH is 1. The maximum absolute atomic E-state index is 10.7. The third-order valence-corrected chi connectivity index (χ3v) is 3.71. The lowest BCUT2D eigenvalue weighted by Crippen LogP contribution is -2.21. The van der Waals surface area contributed by atoms with Crippen LogP contribution in [0.1, 0.15) is 5.56 Å². The molecule has 0 saturated heterocycles. The third kappa shape index (κ3) is 6.22. The summed E-state index contributed by atoms with van der Waals surface area (Å²) in [6.07, 6.45) is 0. The van der Waals surface area contributed by atoms with Crippen molar-refractivity contribution in [3.63, 3.8) is 0 Å². The number of nitrogens with zero attached hydrogens (tertiary/aromatic N) is 1. The molecule has 0 atom stereocenters. The second-order valence-corrected chi connectivity index (χ2v) is 5.65. The minimum absolute atomic E-state index is 0.00488. The highest BCUT2D eigenvalue weighted by atomic mass is 35.5. The molecule has 0 aromatic heterocycles. The van der Waals surface area contributed by atoms with Gasteiger partial charge in [0.05, 0.1) is 22.2 Å². The van der Waals surface area contributed by atoms with E-state index in [0.29, 0.717) is 30.3 Å². The number of nitro groups is 1. The number of nitrogens with one attached hydrogen (secondary N) is 2. The van der Waals surface area contributed by atoms with Crippen molar-refractivity contribution in [2.75, 3.05) is 31.6 Å². The number of hydrogen-bond acceptors (Lipinski definition) is 6. The van der Waals surface area contributed by atoms with Gasteiger partial charge in [-0.15, -0.1) is 0 Å². The Morgan fingerprint density at radius 3 is 2.56 bits per heavy atom. The molecule has 2 aromatic rings. The Labute approximate surface area is 150 Å². The van der Waals surface area contributed by atoms with Crippen LogP contribution in [-0.2, 0) is 6.54 Å². The SMILES string of the molecule is O=[N+]([O-])c1ccc(NCCNCc2ccc(OCCO)cc2)c(Cl)c1. The molecule has 2 rings (SSSR count). The molecule has 0 saturated carbocycles. The number of hydrogen-bond donors (Lipinski definition) is 3. The van der Waals surface area contributed by atoms with Gasteiger partial charge in [-0.25, -0.2) is 0 Å². The molecule has 0 unspecified atom stereocenters. The fourth-order valence-electron chi connectivity index (χ4n) is 2.15. The van der Waals surface area contributed by atoms with E-state index in [2.05, 4.69) is 10.6 Å². The van der Waals surface area contributed by atoms with Crippen LogP contribution in [0.25, 0.3) is 0 Å². The van der Waals surface area contributed by atoms with Gasteiger partial charge in [-0.05, 0) is 23.8 Å². The largest absolute Gasteiger partial charge is 0.491 e. The van der Waals surface area contributed by atoms with Gasteiger partial charge in [-0.3, -0.25) is 10.1 Å². The molecule has 0 bridgehead atoms. The Bertz CT molecular complexity index is 695. The molecule has 25 heavy (non-hydrogen) atoms. The van der Waals surface area contributed by atoms with Crippen LogP contribution < -0.4 is 15.4 Å². The molecule has 3 N–H and O–H groups in total. The molecule has 134 valence electrons. The predicted molar refractivity (Wildman–Crippen MR) is 97.3 cm³/mol. The zero-order valence-electron chi connectivity index (χ0n) is 13.6.